The Balaban J connectivity index is 2.06. The number of allylic oxidation sites excluding steroid dienone is 4. The van der Waals surface area contributed by atoms with E-state index in [4.69, 9.17) is 5.73 Å². The van der Waals surface area contributed by atoms with E-state index in [1.54, 1.807) is 6.20 Å². The highest BCUT2D eigenvalue weighted by Crippen LogP contribution is 2.20. The molecule has 1 heterocycles. The Labute approximate surface area is 147 Å². The molecule has 0 bridgehead atoms. The number of nitrogens with zero attached hydrogens (tertiary/aromatic N) is 2. The van der Waals surface area contributed by atoms with Gasteiger partial charge in [-0.3, -0.25) is 9.80 Å². The van der Waals surface area contributed by atoms with Crippen molar-refractivity contribution in [2.45, 2.75) is 33.4 Å². The predicted octanol–water partition coefficient (Wildman–Crippen LogP) is 3.64. The Morgan fingerprint density at radius 1 is 1.25 bits per heavy atom. The summed E-state index contributed by atoms with van der Waals surface area (Å²) in [4.78, 5) is 5.09. The second-order valence-electron chi connectivity index (χ2n) is 6.82. The molecule has 3 heteroatoms. The molecule has 1 aromatic carbocycles. The second-order valence-corrected chi connectivity index (χ2v) is 6.82. The van der Waals surface area contributed by atoms with Crippen molar-refractivity contribution >= 4 is 5.57 Å². The van der Waals surface area contributed by atoms with Crippen molar-refractivity contribution in [2.75, 3.05) is 26.2 Å². The van der Waals surface area contributed by atoms with E-state index in [-0.39, 0.29) is 0 Å². The summed E-state index contributed by atoms with van der Waals surface area (Å²) < 4.78 is 0. The molecule has 0 unspecified atom stereocenters. The summed E-state index contributed by atoms with van der Waals surface area (Å²) >= 11 is 0. The van der Waals surface area contributed by atoms with Gasteiger partial charge in [-0.2, -0.15) is 0 Å². The number of nitrogens with two attached hydrogens (primary N) is 1. The van der Waals surface area contributed by atoms with E-state index in [9.17, 15) is 0 Å². The van der Waals surface area contributed by atoms with Crippen molar-refractivity contribution in [2.24, 2.45) is 5.73 Å². The second kappa shape index (κ2) is 8.86. The molecule has 1 aromatic rings. The van der Waals surface area contributed by atoms with Crippen LogP contribution in [0.25, 0.3) is 5.57 Å². The highest BCUT2D eigenvalue weighted by Gasteiger charge is 2.18. The summed E-state index contributed by atoms with van der Waals surface area (Å²) in [6, 6.07) is 9.40. The van der Waals surface area contributed by atoms with Crippen LogP contribution >= 0.6 is 0 Å². The average Bonchev–Trinajstić information content (AvgIpc) is 2.60. The minimum Gasteiger partial charge on any atom is -0.404 e. The fourth-order valence-corrected chi connectivity index (χ4v) is 3.10. The summed E-state index contributed by atoms with van der Waals surface area (Å²) in [5.41, 5.74) is 10.3. The first-order chi connectivity index (χ1) is 11.5. The minimum atomic E-state index is 0.648. The van der Waals surface area contributed by atoms with Gasteiger partial charge in [0.2, 0.25) is 0 Å². The molecule has 0 spiro atoms. The van der Waals surface area contributed by atoms with Gasteiger partial charge in [0.15, 0.2) is 0 Å². The third kappa shape index (κ3) is 5.08. The lowest BCUT2D eigenvalue weighted by Crippen LogP contribution is -2.48. The Morgan fingerprint density at radius 2 is 1.96 bits per heavy atom. The lowest BCUT2D eigenvalue weighted by atomic mass is 10.0. The number of hydrogen-bond donors (Lipinski definition) is 1. The highest BCUT2D eigenvalue weighted by molar-refractivity contribution is 5.75. The first-order valence-corrected chi connectivity index (χ1v) is 8.82. The minimum absolute atomic E-state index is 0.648. The molecule has 130 valence electrons. The molecule has 0 atom stereocenters. The molecular formula is C21H31N3. The third-order valence-corrected chi connectivity index (χ3v) is 4.67. The number of hydrogen-bond acceptors (Lipinski definition) is 3. The third-order valence-electron chi connectivity index (χ3n) is 4.67. The molecule has 2 rings (SSSR count). The average molecular weight is 326 g/mol. The molecule has 0 radical (unpaired) electrons. The fraction of sp³-hybridized carbons (Fsp3) is 0.429. The van der Waals surface area contributed by atoms with Gasteiger partial charge in [-0.15, -0.1) is 0 Å². The lowest BCUT2D eigenvalue weighted by molar-refractivity contribution is 0.104. The zero-order chi connectivity index (χ0) is 17.5. The topological polar surface area (TPSA) is 32.5 Å². The van der Waals surface area contributed by atoms with E-state index in [0.29, 0.717) is 6.04 Å². The molecule has 1 aliphatic heterocycles. The summed E-state index contributed by atoms with van der Waals surface area (Å²) in [6.45, 7) is 16.1. The predicted molar refractivity (Wildman–Crippen MR) is 105 cm³/mol. The first kappa shape index (κ1) is 18.5. The van der Waals surface area contributed by atoms with Gasteiger partial charge < -0.3 is 5.73 Å². The number of rotatable bonds is 6. The quantitative estimate of drug-likeness (QED) is 0.811. The normalized spacial score (nSPS) is 18.2. The van der Waals surface area contributed by atoms with E-state index in [2.05, 4.69) is 60.6 Å². The van der Waals surface area contributed by atoms with Crippen LogP contribution < -0.4 is 5.73 Å². The zero-order valence-electron chi connectivity index (χ0n) is 15.3. The van der Waals surface area contributed by atoms with Crippen LogP contribution in [0.15, 0.2) is 54.8 Å². The van der Waals surface area contributed by atoms with Crippen LogP contribution in [0, 0.1) is 0 Å². The van der Waals surface area contributed by atoms with Crippen molar-refractivity contribution < 1.29 is 0 Å². The Bertz CT molecular complexity index is 605. The van der Waals surface area contributed by atoms with Gasteiger partial charge in [0.25, 0.3) is 0 Å². The van der Waals surface area contributed by atoms with Crippen molar-refractivity contribution in [3.05, 3.63) is 65.9 Å². The molecule has 1 fully saturated rings. The first-order valence-electron chi connectivity index (χ1n) is 8.82. The number of piperazine rings is 1. The summed E-state index contributed by atoms with van der Waals surface area (Å²) in [5.74, 6) is 0. The van der Waals surface area contributed by atoms with Crippen LogP contribution in [0.1, 0.15) is 31.9 Å². The fourth-order valence-electron chi connectivity index (χ4n) is 3.10. The molecule has 2 N–H and O–H groups in total. The molecule has 24 heavy (non-hydrogen) atoms. The smallest absolute Gasteiger partial charge is 0.0235 e. The van der Waals surface area contributed by atoms with E-state index in [1.165, 1.54) is 11.1 Å². The Morgan fingerprint density at radius 3 is 2.54 bits per heavy atom. The van der Waals surface area contributed by atoms with Crippen molar-refractivity contribution in [1.82, 2.24) is 9.80 Å². The molecule has 1 aliphatic rings. The van der Waals surface area contributed by atoms with E-state index >= 15 is 0 Å². The van der Waals surface area contributed by atoms with Crippen LogP contribution in [0.5, 0.6) is 0 Å². The van der Waals surface area contributed by atoms with E-state index in [1.807, 2.05) is 13.0 Å². The Hall–Kier alpha value is -1.84. The molecule has 0 aromatic heterocycles. The molecular weight excluding hydrogens is 294 g/mol. The van der Waals surface area contributed by atoms with E-state index in [0.717, 1.165) is 43.9 Å². The zero-order valence-corrected chi connectivity index (χ0v) is 15.3. The summed E-state index contributed by atoms with van der Waals surface area (Å²) in [7, 11) is 0. The molecule has 1 saturated heterocycles. The van der Waals surface area contributed by atoms with Crippen molar-refractivity contribution in [3.8, 4) is 0 Å². The lowest BCUT2D eigenvalue weighted by Gasteiger charge is -2.37. The van der Waals surface area contributed by atoms with Crippen LogP contribution in [-0.4, -0.2) is 42.0 Å². The number of benzene rings is 1. The maximum absolute atomic E-state index is 5.59. The summed E-state index contributed by atoms with van der Waals surface area (Å²) in [6.07, 6.45) is 5.60. The molecule has 0 amide bonds. The largest absolute Gasteiger partial charge is 0.404 e. The van der Waals surface area contributed by atoms with Gasteiger partial charge in [0, 0.05) is 38.8 Å². The van der Waals surface area contributed by atoms with Gasteiger partial charge in [-0.05, 0) is 55.3 Å². The van der Waals surface area contributed by atoms with E-state index < -0.39 is 0 Å². The van der Waals surface area contributed by atoms with Crippen molar-refractivity contribution in [1.29, 1.82) is 0 Å². The molecule has 0 aliphatic carbocycles. The van der Waals surface area contributed by atoms with Crippen LogP contribution in [0.4, 0.5) is 0 Å². The van der Waals surface area contributed by atoms with Gasteiger partial charge in [0.05, 0.1) is 0 Å². The highest BCUT2D eigenvalue weighted by atomic mass is 15.3. The van der Waals surface area contributed by atoms with Crippen molar-refractivity contribution in [3.63, 3.8) is 0 Å². The standard InChI is InChI=1S/C21H31N3/c1-5-20(13-18(4)15-22)21-8-6-7-19(14-21)16-23-9-11-24(12-10-23)17(2)3/h5-8,13-15,17H,1,9-12,16,22H2,2-4H3/b18-15-,20-13+. The van der Waals surface area contributed by atoms with Gasteiger partial charge in [-0.1, -0.05) is 36.9 Å². The molecule has 3 nitrogen and oxygen atoms in total. The maximum atomic E-state index is 5.59. The van der Waals surface area contributed by atoms with Crippen LogP contribution in [0.3, 0.4) is 0 Å². The summed E-state index contributed by atoms with van der Waals surface area (Å²) in [5, 5.41) is 0. The monoisotopic (exact) mass is 325 g/mol. The maximum Gasteiger partial charge on any atom is 0.0235 e. The van der Waals surface area contributed by atoms with Gasteiger partial charge in [0.1, 0.15) is 0 Å². The van der Waals surface area contributed by atoms with Crippen LogP contribution in [-0.2, 0) is 6.54 Å². The van der Waals surface area contributed by atoms with Crippen LogP contribution in [0.2, 0.25) is 0 Å². The van der Waals surface area contributed by atoms with Gasteiger partial charge in [-0.25, -0.2) is 0 Å². The van der Waals surface area contributed by atoms with Gasteiger partial charge >= 0.3 is 0 Å². The SMILES string of the molecule is C=C/C(=C\C(C)=C/N)c1cccc(CN2CCN(C(C)C)CC2)c1. The molecule has 0 saturated carbocycles. The Kier molecular flexibility index (Phi) is 6.83.